The van der Waals surface area contributed by atoms with Crippen LogP contribution in [-0.2, 0) is 0 Å². The standard InChI is InChI=1S/C25H31N5S/c1-6-15-29-24(23(27-25(29)31)22-9-7-8-14-26-22)21-16-17(2)30(18(21)3)20-12-10-19(11-13-20)28(4)5/h7-14,16,23-24H,6,15H2,1-5H3,(H,27,31)/t23-,24-/m1/s1. The molecular weight excluding hydrogens is 402 g/mol. The van der Waals surface area contributed by atoms with Crippen LogP contribution in [0.4, 0.5) is 5.69 Å². The molecule has 6 heteroatoms. The Kier molecular flexibility index (Phi) is 6.01. The maximum absolute atomic E-state index is 5.75. The molecule has 0 bridgehead atoms. The van der Waals surface area contributed by atoms with E-state index in [1.807, 2.05) is 18.3 Å². The van der Waals surface area contributed by atoms with Gasteiger partial charge in [-0.15, -0.1) is 0 Å². The second-order valence-corrected chi connectivity index (χ2v) is 8.78. The van der Waals surface area contributed by atoms with E-state index in [1.165, 1.54) is 28.3 Å². The number of hydrogen-bond acceptors (Lipinski definition) is 3. The van der Waals surface area contributed by atoms with Gasteiger partial charge < -0.3 is 19.7 Å². The highest BCUT2D eigenvalue weighted by Crippen LogP contribution is 2.41. The van der Waals surface area contributed by atoms with Gasteiger partial charge in [-0.1, -0.05) is 13.0 Å². The topological polar surface area (TPSA) is 36.3 Å². The van der Waals surface area contributed by atoms with E-state index in [0.29, 0.717) is 0 Å². The first kappa shape index (κ1) is 21.4. The van der Waals surface area contributed by atoms with Crippen molar-refractivity contribution < 1.29 is 0 Å². The highest BCUT2D eigenvalue weighted by molar-refractivity contribution is 7.80. The molecule has 0 amide bonds. The van der Waals surface area contributed by atoms with Gasteiger partial charge in [0.25, 0.3) is 0 Å². The Morgan fingerprint density at radius 1 is 1.10 bits per heavy atom. The first-order valence-corrected chi connectivity index (χ1v) is 11.3. The zero-order valence-electron chi connectivity index (χ0n) is 19.0. The molecule has 1 aliphatic rings. The van der Waals surface area contributed by atoms with E-state index in [-0.39, 0.29) is 12.1 Å². The molecule has 0 unspecified atom stereocenters. The monoisotopic (exact) mass is 433 g/mol. The first-order chi connectivity index (χ1) is 14.9. The van der Waals surface area contributed by atoms with Gasteiger partial charge in [-0.3, -0.25) is 4.98 Å². The fourth-order valence-corrected chi connectivity index (χ4v) is 4.94. The number of rotatable bonds is 6. The Hall–Kier alpha value is -2.86. The quantitative estimate of drug-likeness (QED) is 0.558. The molecule has 0 saturated carbocycles. The number of hydrogen-bond donors (Lipinski definition) is 1. The third-order valence-corrected chi connectivity index (χ3v) is 6.43. The molecule has 2 aromatic heterocycles. The fourth-order valence-electron chi connectivity index (χ4n) is 4.61. The predicted octanol–water partition coefficient (Wildman–Crippen LogP) is 4.94. The van der Waals surface area contributed by atoms with Gasteiger partial charge in [-0.2, -0.15) is 0 Å². The Balaban J connectivity index is 1.79. The fraction of sp³-hybridized carbons (Fsp3) is 0.360. The molecule has 3 heterocycles. The molecule has 1 aliphatic heterocycles. The Morgan fingerprint density at radius 2 is 1.84 bits per heavy atom. The molecule has 3 aromatic rings. The number of benzene rings is 1. The Labute approximate surface area is 190 Å². The van der Waals surface area contributed by atoms with E-state index >= 15 is 0 Å². The second-order valence-electron chi connectivity index (χ2n) is 8.39. The van der Waals surface area contributed by atoms with E-state index in [4.69, 9.17) is 12.2 Å². The summed E-state index contributed by atoms with van der Waals surface area (Å²) >= 11 is 5.75. The SMILES string of the molecule is CCCN1C(=S)N[C@H](c2ccccn2)[C@H]1c1cc(C)n(-c2ccc(N(C)C)cc2)c1C. The molecule has 2 atom stereocenters. The van der Waals surface area contributed by atoms with Crippen molar-refractivity contribution in [3.63, 3.8) is 0 Å². The maximum atomic E-state index is 5.75. The third kappa shape index (κ3) is 3.92. The normalized spacial score (nSPS) is 18.4. The summed E-state index contributed by atoms with van der Waals surface area (Å²) < 4.78 is 2.34. The maximum Gasteiger partial charge on any atom is 0.170 e. The molecule has 0 radical (unpaired) electrons. The minimum atomic E-state index is 0.0327. The second kappa shape index (κ2) is 8.71. The van der Waals surface area contributed by atoms with Crippen LogP contribution >= 0.6 is 12.2 Å². The molecule has 1 N–H and O–H groups in total. The van der Waals surface area contributed by atoms with Gasteiger partial charge in [0, 0.05) is 49.6 Å². The summed E-state index contributed by atoms with van der Waals surface area (Å²) in [5, 5.41) is 4.36. The van der Waals surface area contributed by atoms with Crippen molar-refractivity contribution in [2.45, 2.75) is 39.3 Å². The van der Waals surface area contributed by atoms with Crippen LogP contribution in [0.15, 0.2) is 54.7 Å². The number of nitrogens with zero attached hydrogens (tertiary/aromatic N) is 4. The van der Waals surface area contributed by atoms with Gasteiger partial charge in [-0.05, 0) is 80.5 Å². The van der Waals surface area contributed by atoms with Gasteiger partial charge in [0.1, 0.15) is 0 Å². The third-order valence-electron chi connectivity index (χ3n) is 6.08. The lowest BCUT2D eigenvalue weighted by atomic mass is 9.96. The molecule has 4 rings (SSSR count). The lowest BCUT2D eigenvalue weighted by Crippen LogP contribution is -2.30. The summed E-state index contributed by atoms with van der Waals surface area (Å²) in [7, 11) is 4.13. The van der Waals surface area contributed by atoms with Gasteiger partial charge in [0.2, 0.25) is 0 Å². The molecule has 5 nitrogen and oxygen atoms in total. The van der Waals surface area contributed by atoms with Crippen LogP contribution in [0.3, 0.4) is 0 Å². The smallest absolute Gasteiger partial charge is 0.170 e. The Bertz CT molecular complexity index is 1060. The van der Waals surface area contributed by atoms with E-state index in [1.54, 1.807) is 0 Å². The van der Waals surface area contributed by atoms with Gasteiger partial charge in [-0.25, -0.2) is 0 Å². The van der Waals surface area contributed by atoms with Crippen molar-refractivity contribution in [2.75, 3.05) is 25.5 Å². The summed E-state index contributed by atoms with van der Waals surface area (Å²) in [6, 6.07) is 17.3. The van der Waals surface area contributed by atoms with Crippen LogP contribution in [0.1, 0.15) is 48.1 Å². The molecule has 1 aromatic carbocycles. The van der Waals surface area contributed by atoms with Crippen molar-refractivity contribution in [1.82, 2.24) is 19.8 Å². The highest BCUT2D eigenvalue weighted by Gasteiger charge is 2.40. The van der Waals surface area contributed by atoms with Crippen LogP contribution in [-0.4, -0.2) is 40.2 Å². The van der Waals surface area contributed by atoms with Crippen LogP contribution in [0.2, 0.25) is 0 Å². The summed E-state index contributed by atoms with van der Waals surface area (Å²) in [6.45, 7) is 7.50. The van der Waals surface area contributed by atoms with Crippen molar-refractivity contribution in [2.24, 2.45) is 0 Å². The number of nitrogens with one attached hydrogen (secondary N) is 1. The minimum absolute atomic E-state index is 0.0327. The molecule has 1 saturated heterocycles. The van der Waals surface area contributed by atoms with Gasteiger partial charge in [0.15, 0.2) is 5.11 Å². The largest absolute Gasteiger partial charge is 0.378 e. The highest BCUT2D eigenvalue weighted by atomic mass is 32.1. The first-order valence-electron chi connectivity index (χ1n) is 10.9. The van der Waals surface area contributed by atoms with Gasteiger partial charge >= 0.3 is 0 Å². The number of aryl methyl sites for hydroxylation is 1. The number of pyridine rings is 1. The predicted molar refractivity (Wildman–Crippen MR) is 132 cm³/mol. The number of aromatic nitrogens is 2. The van der Waals surface area contributed by atoms with Crippen molar-refractivity contribution in [3.8, 4) is 5.69 Å². The molecule has 162 valence electrons. The summed E-state index contributed by atoms with van der Waals surface area (Å²) in [5.41, 5.74) is 7.16. The molecule has 31 heavy (non-hydrogen) atoms. The molecule has 1 fully saturated rings. The molecular formula is C25H31N5S. The molecule has 0 spiro atoms. The van der Waals surface area contributed by atoms with Crippen LogP contribution < -0.4 is 10.2 Å². The average molecular weight is 434 g/mol. The van der Waals surface area contributed by atoms with E-state index in [9.17, 15) is 0 Å². The van der Waals surface area contributed by atoms with Gasteiger partial charge in [0.05, 0.1) is 17.8 Å². The van der Waals surface area contributed by atoms with Crippen molar-refractivity contribution in [1.29, 1.82) is 0 Å². The van der Waals surface area contributed by atoms with E-state index < -0.39 is 0 Å². The summed E-state index contributed by atoms with van der Waals surface area (Å²) in [6.07, 6.45) is 2.90. The zero-order chi connectivity index (χ0) is 22.1. The minimum Gasteiger partial charge on any atom is -0.378 e. The molecule has 0 aliphatic carbocycles. The average Bonchev–Trinajstić information content (AvgIpc) is 3.24. The van der Waals surface area contributed by atoms with E-state index in [0.717, 1.165) is 23.8 Å². The zero-order valence-corrected chi connectivity index (χ0v) is 19.8. The van der Waals surface area contributed by atoms with Crippen LogP contribution in [0.25, 0.3) is 5.69 Å². The number of thiocarbonyl (C=S) groups is 1. The lowest BCUT2D eigenvalue weighted by molar-refractivity contribution is 0.316. The summed E-state index contributed by atoms with van der Waals surface area (Å²) in [5.74, 6) is 0. The Morgan fingerprint density at radius 3 is 2.45 bits per heavy atom. The van der Waals surface area contributed by atoms with Crippen molar-refractivity contribution in [3.05, 3.63) is 77.4 Å². The van der Waals surface area contributed by atoms with Crippen LogP contribution in [0.5, 0.6) is 0 Å². The number of anilines is 1. The van der Waals surface area contributed by atoms with Crippen LogP contribution in [0, 0.1) is 13.8 Å². The van der Waals surface area contributed by atoms with Crippen molar-refractivity contribution >= 4 is 23.0 Å². The summed E-state index contributed by atoms with van der Waals surface area (Å²) in [4.78, 5) is 9.10. The lowest BCUT2D eigenvalue weighted by Gasteiger charge is -2.27. The van der Waals surface area contributed by atoms with E-state index in [2.05, 4.69) is 95.9 Å².